The quantitative estimate of drug-likeness (QED) is 0.756. The summed E-state index contributed by atoms with van der Waals surface area (Å²) in [6.07, 6.45) is 0.468. The SMILES string of the molecule is CCOP(=O)(OCC)[C@@H]1CC[C@@H](C(=O)O)N1C(=O)c1ccccc1. The lowest BCUT2D eigenvalue weighted by Gasteiger charge is -2.32. The van der Waals surface area contributed by atoms with E-state index in [0.29, 0.717) is 5.56 Å². The first-order valence-corrected chi connectivity index (χ1v) is 9.55. The van der Waals surface area contributed by atoms with Gasteiger partial charge in [-0.25, -0.2) is 4.79 Å². The van der Waals surface area contributed by atoms with Crippen molar-refractivity contribution in [3.63, 3.8) is 0 Å². The summed E-state index contributed by atoms with van der Waals surface area (Å²) in [6, 6.07) is 7.30. The molecule has 0 aromatic heterocycles. The molecular weight excluding hydrogens is 333 g/mol. The molecule has 0 spiro atoms. The second-order valence-electron chi connectivity index (χ2n) is 5.37. The zero-order valence-electron chi connectivity index (χ0n) is 13.8. The van der Waals surface area contributed by atoms with Gasteiger partial charge in [0.05, 0.1) is 13.2 Å². The number of carboxylic acids is 1. The van der Waals surface area contributed by atoms with Crippen LogP contribution in [0.15, 0.2) is 30.3 Å². The van der Waals surface area contributed by atoms with Crippen molar-refractivity contribution in [2.75, 3.05) is 13.2 Å². The van der Waals surface area contributed by atoms with Crippen LogP contribution >= 0.6 is 7.60 Å². The van der Waals surface area contributed by atoms with E-state index in [2.05, 4.69) is 0 Å². The van der Waals surface area contributed by atoms with Crippen molar-refractivity contribution in [1.82, 2.24) is 4.90 Å². The maximum atomic E-state index is 13.1. The molecule has 1 N–H and O–H groups in total. The Morgan fingerprint density at radius 1 is 1.17 bits per heavy atom. The van der Waals surface area contributed by atoms with Crippen LogP contribution in [0, 0.1) is 0 Å². The second-order valence-corrected chi connectivity index (χ2v) is 7.56. The first-order chi connectivity index (χ1) is 11.4. The summed E-state index contributed by atoms with van der Waals surface area (Å²) >= 11 is 0. The standard InChI is InChI=1S/C16H22NO6P/c1-3-22-24(21,23-4-2)14-11-10-13(16(19)20)17(14)15(18)12-8-6-5-7-9-12/h5-9,13-14H,3-4,10-11H2,1-2H3,(H,19,20)/t13-,14+/m0/s1. The highest BCUT2D eigenvalue weighted by molar-refractivity contribution is 7.54. The monoisotopic (exact) mass is 355 g/mol. The summed E-state index contributed by atoms with van der Waals surface area (Å²) in [7, 11) is -3.63. The van der Waals surface area contributed by atoms with Crippen LogP contribution in [0.3, 0.4) is 0 Å². The molecule has 0 aliphatic carbocycles. The van der Waals surface area contributed by atoms with E-state index < -0.39 is 31.3 Å². The van der Waals surface area contributed by atoms with Crippen LogP contribution in [0.4, 0.5) is 0 Å². The molecule has 7 nitrogen and oxygen atoms in total. The van der Waals surface area contributed by atoms with E-state index in [1.54, 1.807) is 44.2 Å². The fourth-order valence-corrected chi connectivity index (χ4v) is 5.10. The third-order valence-corrected chi connectivity index (χ3v) is 6.35. The van der Waals surface area contributed by atoms with Crippen LogP contribution in [0.1, 0.15) is 37.0 Å². The van der Waals surface area contributed by atoms with Gasteiger partial charge in [-0.2, -0.15) is 0 Å². The molecule has 1 aliphatic heterocycles. The van der Waals surface area contributed by atoms with Gasteiger partial charge in [-0.15, -0.1) is 0 Å². The summed E-state index contributed by atoms with van der Waals surface area (Å²) in [5, 5.41) is 9.46. The number of carboxylic acid groups (broad SMARTS) is 1. The van der Waals surface area contributed by atoms with Gasteiger partial charge in [-0.1, -0.05) is 18.2 Å². The molecule has 1 heterocycles. The predicted molar refractivity (Wildman–Crippen MR) is 87.9 cm³/mol. The molecule has 1 saturated heterocycles. The van der Waals surface area contributed by atoms with Gasteiger partial charge in [-0.3, -0.25) is 9.36 Å². The average molecular weight is 355 g/mol. The molecule has 8 heteroatoms. The first-order valence-electron chi connectivity index (χ1n) is 7.94. The van der Waals surface area contributed by atoms with E-state index in [4.69, 9.17) is 9.05 Å². The summed E-state index contributed by atoms with van der Waals surface area (Å²) in [5.74, 6) is -2.50. The number of aliphatic carboxylic acids is 1. The van der Waals surface area contributed by atoms with Crippen molar-refractivity contribution in [3.05, 3.63) is 35.9 Å². The van der Waals surface area contributed by atoms with Crippen LogP contribution in [0.2, 0.25) is 0 Å². The molecule has 1 aromatic rings. The highest BCUT2D eigenvalue weighted by Crippen LogP contribution is 2.58. The number of likely N-dealkylation sites (tertiary alicyclic amines) is 1. The third kappa shape index (κ3) is 3.69. The predicted octanol–water partition coefficient (Wildman–Crippen LogP) is 2.97. The van der Waals surface area contributed by atoms with Gasteiger partial charge >= 0.3 is 13.6 Å². The molecule has 0 unspecified atom stereocenters. The normalized spacial score (nSPS) is 21.0. The number of nitrogens with zero attached hydrogens (tertiary/aromatic N) is 1. The lowest BCUT2D eigenvalue weighted by atomic mass is 10.1. The Hall–Kier alpha value is -1.69. The molecule has 1 amide bonds. The van der Waals surface area contributed by atoms with Gasteiger partial charge in [0.25, 0.3) is 5.91 Å². The minimum atomic E-state index is -3.63. The summed E-state index contributed by atoms with van der Waals surface area (Å²) < 4.78 is 23.8. The Bertz CT molecular complexity index is 625. The van der Waals surface area contributed by atoms with Crippen LogP contribution in [-0.4, -0.2) is 46.9 Å². The lowest BCUT2D eigenvalue weighted by molar-refractivity contribution is -0.141. The first kappa shape index (κ1) is 18.6. The van der Waals surface area contributed by atoms with Crippen molar-refractivity contribution in [1.29, 1.82) is 0 Å². The smallest absolute Gasteiger partial charge is 0.352 e. The minimum Gasteiger partial charge on any atom is -0.480 e. The molecule has 132 valence electrons. The van der Waals surface area contributed by atoms with Gasteiger partial charge in [0.1, 0.15) is 11.8 Å². The summed E-state index contributed by atoms with van der Waals surface area (Å²) in [5.41, 5.74) is 0.343. The topological polar surface area (TPSA) is 93.1 Å². The molecule has 1 fully saturated rings. The van der Waals surface area contributed by atoms with Gasteiger partial charge in [0.2, 0.25) is 0 Å². The zero-order valence-corrected chi connectivity index (χ0v) is 14.6. The Labute approximate surface area is 141 Å². The molecule has 0 radical (unpaired) electrons. The number of rotatable bonds is 7. The molecule has 2 rings (SSSR count). The van der Waals surface area contributed by atoms with Crippen molar-refractivity contribution >= 4 is 19.5 Å². The fraction of sp³-hybridized carbons (Fsp3) is 0.500. The number of amides is 1. The van der Waals surface area contributed by atoms with Crippen LogP contribution in [-0.2, 0) is 18.4 Å². The van der Waals surface area contributed by atoms with E-state index in [1.165, 1.54) is 0 Å². The molecule has 1 aromatic carbocycles. The molecule has 0 bridgehead atoms. The molecule has 1 aliphatic rings. The van der Waals surface area contributed by atoms with Crippen LogP contribution in [0.5, 0.6) is 0 Å². The highest BCUT2D eigenvalue weighted by atomic mass is 31.2. The second kappa shape index (κ2) is 7.92. The largest absolute Gasteiger partial charge is 0.480 e. The van der Waals surface area contributed by atoms with Gasteiger partial charge in [0, 0.05) is 5.56 Å². The Kier molecular flexibility index (Phi) is 6.15. The lowest BCUT2D eigenvalue weighted by Crippen LogP contribution is -2.45. The van der Waals surface area contributed by atoms with E-state index >= 15 is 0 Å². The van der Waals surface area contributed by atoms with Gasteiger partial charge in [-0.05, 0) is 38.8 Å². The Balaban J connectivity index is 2.41. The maximum absolute atomic E-state index is 13.1. The van der Waals surface area contributed by atoms with E-state index in [1.807, 2.05) is 0 Å². The van der Waals surface area contributed by atoms with Gasteiger partial charge < -0.3 is 19.1 Å². The number of carbonyl (C=O) groups excluding carboxylic acids is 1. The summed E-state index contributed by atoms with van der Waals surface area (Å²) in [6.45, 7) is 3.66. The molecule has 0 saturated carbocycles. The number of carbonyl (C=O) groups is 2. The molecule has 2 atom stereocenters. The van der Waals surface area contributed by atoms with Crippen LogP contribution < -0.4 is 0 Å². The maximum Gasteiger partial charge on any atom is 0.352 e. The van der Waals surface area contributed by atoms with Crippen molar-refractivity contribution in [3.8, 4) is 0 Å². The van der Waals surface area contributed by atoms with E-state index in [0.717, 1.165) is 4.90 Å². The van der Waals surface area contributed by atoms with Crippen molar-refractivity contribution < 1.29 is 28.3 Å². The van der Waals surface area contributed by atoms with E-state index in [9.17, 15) is 19.3 Å². The Morgan fingerprint density at radius 2 is 1.75 bits per heavy atom. The minimum absolute atomic E-state index is 0.152. The van der Waals surface area contributed by atoms with Gasteiger partial charge in [0.15, 0.2) is 0 Å². The average Bonchev–Trinajstić information content (AvgIpc) is 3.01. The highest BCUT2D eigenvalue weighted by Gasteiger charge is 2.51. The van der Waals surface area contributed by atoms with Crippen LogP contribution in [0.25, 0.3) is 0 Å². The zero-order chi connectivity index (χ0) is 17.7. The number of benzene rings is 1. The van der Waals surface area contributed by atoms with E-state index in [-0.39, 0.29) is 26.1 Å². The molecule has 24 heavy (non-hydrogen) atoms. The van der Waals surface area contributed by atoms with Crippen molar-refractivity contribution in [2.24, 2.45) is 0 Å². The summed E-state index contributed by atoms with van der Waals surface area (Å²) in [4.78, 5) is 25.6. The number of hydrogen-bond donors (Lipinski definition) is 1. The number of hydrogen-bond acceptors (Lipinski definition) is 5. The third-order valence-electron chi connectivity index (χ3n) is 3.88. The Morgan fingerprint density at radius 3 is 2.25 bits per heavy atom. The molecular formula is C16H22NO6P. The fourth-order valence-electron chi connectivity index (χ4n) is 2.92. The van der Waals surface area contributed by atoms with Crippen molar-refractivity contribution in [2.45, 2.75) is 38.5 Å².